The number of aliphatic imine (C=N–C) groups is 1. The first-order chi connectivity index (χ1) is 7.19. The van der Waals surface area contributed by atoms with E-state index >= 15 is 0 Å². The van der Waals surface area contributed by atoms with Crippen LogP contribution in [0, 0.1) is 0 Å². The maximum Gasteiger partial charge on any atom is 0.293 e. The number of carbonyl (C=O) groups excluding carboxylic acids is 2. The van der Waals surface area contributed by atoms with Gasteiger partial charge < -0.3 is 4.90 Å². The lowest BCUT2D eigenvalue weighted by Crippen LogP contribution is -2.50. The van der Waals surface area contributed by atoms with E-state index in [9.17, 15) is 9.59 Å². The standard InChI is InChI=1S/C8H11Cl2N3O2/c9-1-3-13(4-2-10)7-8(15)12-6(14)5-11-7/h1-5H2,(H,12,14,15). The number of amidine groups is 1. The van der Waals surface area contributed by atoms with Crippen molar-refractivity contribution in [3.05, 3.63) is 0 Å². The molecule has 0 saturated carbocycles. The van der Waals surface area contributed by atoms with Crippen LogP contribution in [0.25, 0.3) is 0 Å². The first kappa shape index (κ1) is 12.3. The van der Waals surface area contributed by atoms with E-state index in [1.807, 2.05) is 0 Å². The zero-order chi connectivity index (χ0) is 11.3. The molecule has 1 aliphatic rings. The molecule has 0 unspecified atom stereocenters. The van der Waals surface area contributed by atoms with Crippen molar-refractivity contribution in [1.82, 2.24) is 10.2 Å². The summed E-state index contributed by atoms with van der Waals surface area (Å²) in [6.45, 7) is 0.936. The van der Waals surface area contributed by atoms with Crippen LogP contribution in [0.3, 0.4) is 0 Å². The maximum atomic E-state index is 11.4. The van der Waals surface area contributed by atoms with Crippen molar-refractivity contribution < 1.29 is 9.59 Å². The second kappa shape index (κ2) is 5.92. The maximum absolute atomic E-state index is 11.4. The lowest BCUT2D eigenvalue weighted by molar-refractivity contribution is -0.127. The normalized spacial score (nSPS) is 16.0. The molecule has 1 rings (SSSR count). The minimum atomic E-state index is -0.485. The number of halogens is 2. The molecule has 2 amide bonds. The second-order valence-electron chi connectivity index (χ2n) is 2.88. The van der Waals surface area contributed by atoms with Gasteiger partial charge in [0.25, 0.3) is 5.91 Å². The van der Waals surface area contributed by atoms with E-state index in [1.54, 1.807) is 4.90 Å². The first-order valence-corrected chi connectivity index (χ1v) is 5.51. The Labute approximate surface area is 97.4 Å². The number of hydrogen-bond donors (Lipinski definition) is 1. The number of amides is 2. The Morgan fingerprint density at radius 2 is 1.87 bits per heavy atom. The van der Waals surface area contributed by atoms with Crippen molar-refractivity contribution >= 4 is 40.9 Å². The highest BCUT2D eigenvalue weighted by Gasteiger charge is 2.24. The minimum Gasteiger partial charge on any atom is -0.350 e. The summed E-state index contributed by atoms with van der Waals surface area (Å²) in [5.41, 5.74) is 0. The topological polar surface area (TPSA) is 61.8 Å². The third kappa shape index (κ3) is 3.35. The number of nitrogens with zero attached hydrogens (tertiary/aromatic N) is 2. The van der Waals surface area contributed by atoms with E-state index in [0.29, 0.717) is 24.8 Å². The summed E-state index contributed by atoms with van der Waals surface area (Å²) in [6, 6.07) is 0. The molecule has 0 atom stereocenters. The van der Waals surface area contributed by atoms with Crippen molar-refractivity contribution in [3.8, 4) is 0 Å². The first-order valence-electron chi connectivity index (χ1n) is 4.44. The molecule has 0 aromatic carbocycles. The van der Waals surface area contributed by atoms with Crippen LogP contribution in [-0.2, 0) is 9.59 Å². The molecule has 0 bridgehead atoms. The van der Waals surface area contributed by atoms with Gasteiger partial charge >= 0.3 is 0 Å². The van der Waals surface area contributed by atoms with Gasteiger partial charge in [-0.05, 0) is 0 Å². The fraction of sp³-hybridized carbons (Fsp3) is 0.625. The molecule has 0 radical (unpaired) electrons. The van der Waals surface area contributed by atoms with Gasteiger partial charge in [-0.3, -0.25) is 19.9 Å². The fourth-order valence-corrected chi connectivity index (χ4v) is 1.62. The number of imide groups is 1. The number of alkyl halides is 2. The van der Waals surface area contributed by atoms with Crippen LogP contribution in [0.4, 0.5) is 0 Å². The van der Waals surface area contributed by atoms with Gasteiger partial charge in [-0.2, -0.15) is 0 Å². The van der Waals surface area contributed by atoms with Gasteiger partial charge in [-0.15, -0.1) is 23.2 Å². The van der Waals surface area contributed by atoms with Crippen LogP contribution in [0.15, 0.2) is 4.99 Å². The van der Waals surface area contributed by atoms with Crippen LogP contribution < -0.4 is 5.32 Å². The molecule has 15 heavy (non-hydrogen) atoms. The summed E-state index contributed by atoms with van der Waals surface area (Å²) in [6.07, 6.45) is 0. The average Bonchev–Trinajstić information content (AvgIpc) is 2.17. The van der Waals surface area contributed by atoms with Crippen molar-refractivity contribution in [2.75, 3.05) is 31.4 Å². The number of carbonyl (C=O) groups is 2. The third-order valence-electron chi connectivity index (χ3n) is 1.84. The van der Waals surface area contributed by atoms with Crippen LogP contribution >= 0.6 is 23.2 Å². The zero-order valence-electron chi connectivity index (χ0n) is 8.00. The zero-order valence-corrected chi connectivity index (χ0v) is 9.51. The fourth-order valence-electron chi connectivity index (χ4n) is 1.21. The smallest absolute Gasteiger partial charge is 0.293 e. The molecule has 0 aliphatic carbocycles. The summed E-state index contributed by atoms with van der Waals surface area (Å²) >= 11 is 11.2. The van der Waals surface area contributed by atoms with E-state index < -0.39 is 5.91 Å². The van der Waals surface area contributed by atoms with Crippen molar-refractivity contribution in [3.63, 3.8) is 0 Å². The summed E-state index contributed by atoms with van der Waals surface area (Å²) < 4.78 is 0. The van der Waals surface area contributed by atoms with E-state index in [2.05, 4.69) is 10.3 Å². The molecule has 5 nitrogen and oxygen atoms in total. The van der Waals surface area contributed by atoms with E-state index in [0.717, 1.165) is 0 Å². The van der Waals surface area contributed by atoms with E-state index in [1.165, 1.54) is 0 Å². The highest BCUT2D eigenvalue weighted by atomic mass is 35.5. The monoisotopic (exact) mass is 251 g/mol. The van der Waals surface area contributed by atoms with E-state index in [4.69, 9.17) is 23.2 Å². The predicted octanol–water partition coefficient (Wildman–Crippen LogP) is -0.179. The number of nitrogens with one attached hydrogen (secondary N) is 1. The number of hydrogen-bond acceptors (Lipinski definition) is 4. The molecule has 0 saturated heterocycles. The quantitative estimate of drug-likeness (QED) is 0.557. The molecule has 7 heteroatoms. The lowest BCUT2D eigenvalue weighted by Gasteiger charge is -2.25. The number of rotatable bonds is 4. The Bertz CT molecular complexity index is 288. The van der Waals surface area contributed by atoms with Gasteiger partial charge in [0.1, 0.15) is 6.54 Å². The summed E-state index contributed by atoms with van der Waals surface area (Å²) in [4.78, 5) is 27.8. The average molecular weight is 252 g/mol. The molecule has 1 N–H and O–H groups in total. The SMILES string of the molecule is O=C1CN=C(N(CCCl)CCCl)C(=O)N1. The highest BCUT2D eigenvalue weighted by molar-refractivity contribution is 6.41. The minimum absolute atomic E-state index is 0.0257. The van der Waals surface area contributed by atoms with Crippen LogP contribution in [-0.4, -0.2) is 53.9 Å². The van der Waals surface area contributed by atoms with Crippen molar-refractivity contribution in [1.29, 1.82) is 0 Å². The Hall–Kier alpha value is -0.810. The Morgan fingerprint density at radius 1 is 1.27 bits per heavy atom. The predicted molar refractivity (Wildman–Crippen MR) is 58.5 cm³/mol. The Morgan fingerprint density at radius 3 is 2.33 bits per heavy atom. The van der Waals surface area contributed by atoms with Crippen LogP contribution in [0.5, 0.6) is 0 Å². The molecule has 0 spiro atoms. The molecule has 0 aromatic heterocycles. The molecular formula is C8H11Cl2N3O2. The summed E-state index contributed by atoms with van der Waals surface area (Å²) in [7, 11) is 0. The van der Waals surface area contributed by atoms with Gasteiger partial charge in [0.05, 0.1) is 0 Å². The Balaban J connectivity index is 2.73. The summed E-state index contributed by atoms with van der Waals surface area (Å²) in [5, 5.41) is 2.19. The molecule has 1 aliphatic heterocycles. The molecular weight excluding hydrogens is 241 g/mol. The van der Waals surface area contributed by atoms with Crippen molar-refractivity contribution in [2.45, 2.75) is 0 Å². The third-order valence-corrected chi connectivity index (χ3v) is 2.17. The van der Waals surface area contributed by atoms with Gasteiger partial charge in [-0.1, -0.05) is 0 Å². The second-order valence-corrected chi connectivity index (χ2v) is 3.64. The van der Waals surface area contributed by atoms with Gasteiger partial charge in [-0.25, -0.2) is 0 Å². The highest BCUT2D eigenvalue weighted by Crippen LogP contribution is 1.99. The molecule has 0 fully saturated rings. The molecule has 84 valence electrons. The Kier molecular flexibility index (Phi) is 4.84. The summed E-state index contributed by atoms with van der Waals surface area (Å²) in [5.74, 6) is 0.103. The lowest BCUT2D eigenvalue weighted by atomic mass is 10.3. The van der Waals surface area contributed by atoms with Crippen molar-refractivity contribution in [2.24, 2.45) is 4.99 Å². The van der Waals surface area contributed by atoms with Gasteiger partial charge in [0.15, 0.2) is 5.84 Å². The van der Waals surface area contributed by atoms with Gasteiger partial charge in [0, 0.05) is 24.8 Å². The van der Waals surface area contributed by atoms with Gasteiger partial charge in [0.2, 0.25) is 5.91 Å². The van der Waals surface area contributed by atoms with E-state index in [-0.39, 0.29) is 18.3 Å². The largest absolute Gasteiger partial charge is 0.350 e. The van der Waals surface area contributed by atoms with Crippen LogP contribution in [0.1, 0.15) is 0 Å². The molecule has 1 heterocycles. The molecule has 0 aromatic rings. The van der Waals surface area contributed by atoms with Crippen LogP contribution in [0.2, 0.25) is 0 Å².